The summed E-state index contributed by atoms with van der Waals surface area (Å²) in [6.07, 6.45) is 0.294. The lowest BCUT2D eigenvalue weighted by atomic mass is 9.92. The minimum atomic E-state index is -1.23. The van der Waals surface area contributed by atoms with Crippen LogP contribution in [-0.4, -0.2) is 23.1 Å². The number of anilines is 1. The highest BCUT2D eigenvalue weighted by Gasteiger charge is 2.58. The molecule has 0 bridgehead atoms. The quantitative estimate of drug-likeness (QED) is 0.641. The maximum atomic E-state index is 13.2. The Morgan fingerprint density at radius 1 is 0.929 bits per heavy atom. The third-order valence-corrected chi connectivity index (χ3v) is 5.44. The van der Waals surface area contributed by atoms with Crippen LogP contribution in [0.2, 0.25) is 0 Å². The smallest absolute Gasteiger partial charge is 0.281 e. The molecular formula is C23H18N2O3. The Balaban J connectivity index is 1.45. The van der Waals surface area contributed by atoms with Crippen LogP contribution in [0.5, 0.6) is 0 Å². The average molecular weight is 370 g/mol. The van der Waals surface area contributed by atoms with E-state index in [-0.39, 0.29) is 18.2 Å². The van der Waals surface area contributed by atoms with Crippen molar-refractivity contribution in [1.29, 1.82) is 0 Å². The highest BCUT2D eigenvalue weighted by Crippen LogP contribution is 2.39. The summed E-state index contributed by atoms with van der Waals surface area (Å²) in [5.41, 5.74) is 2.09. The van der Waals surface area contributed by atoms with Crippen LogP contribution in [0.1, 0.15) is 24.0 Å². The number of amides is 2. The van der Waals surface area contributed by atoms with Crippen LogP contribution in [0, 0.1) is 6.92 Å². The largest absolute Gasteiger partial charge is 0.378 e. The summed E-state index contributed by atoms with van der Waals surface area (Å²) < 4.78 is 0. The van der Waals surface area contributed by atoms with Crippen LogP contribution < -0.4 is 4.90 Å². The molecule has 3 aromatic rings. The van der Waals surface area contributed by atoms with Crippen molar-refractivity contribution in [3.63, 3.8) is 0 Å². The van der Waals surface area contributed by atoms with Gasteiger partial charge in [0.05, 0.1) is 17.8 Å². The molecule has 0 aliphatic carbocycles. The van der Waals surface area contributed by atoms with E-state index in [4.69, 9.17) is 4.84 Å². The maximum Gasteiger partial charge on any atom is 0.281 e. The summed E-state index contributed by atoms with van der Waals surface area (Å²) in [6, 6.07) is 21.3. The van der Waals surface area contributed by atoms with Crippen molar-refractivity contribution in [2.24, 2.45) is 5.16 Å². The Labute approximate surface area is 162 Å². The Morgan fingerprint density at radius 3 is 2.46 bits per heavy atom. The zero-order valence-corrected chi connectivity index (χ0v) is 15.4. The monoisotopic (exact) mass is 370 g/mol. The van der Waals surface area contributed by atoms with Gasteiger partial charge in [0.15, 0.2) is 0 Å². The SMILES string of the molecule is Cc1ccc(C2=NO[C@@]3(CC(=O)N(c4ccc5ccccc5c4)C3=O)C2)cc1. The molecular weight excluding hydrogens is 352 g/mol. The zero-order chi connectivity index (χ0) is 19.3. The summed E-state index contributed by atoms with van der Waals surface area (Å²) in [5.74, 6) is -0.612. The fraction of sp³-hybridized carbons (Fsp3) is 0.174. The molecule has 1 fully saturated rings. The first-order valence-corrected chi connectivity index (χ1v) is 9.24. The fourth-order valence-electron chi connectivity index (χ4n) is 3.88. The number of nitrogens with zero attached hydrogens (tertiary/aromatic N) is 2. The van der Waals surface area contributed by atoms with Gasteiger partial charge in [0.2, 0.25) is 11.5 Å². The van der Waals surface area contributed by atoms with E-state index in [1.165, 1.54) is 4.90 Å². The second kappa shape index (κ2) is 6.02. The third-order valence-electron chi connectivity index (χ3n) is 5.44. The second-order valence-corrected chi connectivity index (χ2v) is 7.41. The second-order valence-electron chi connectivity index (χ2n) is 7.41. The van der Waals surface area contributed by atoms with Gasteiger partial charge >= 0.3 is 0 Å². The Hall–Kier alpha value is -3.47. The van der Waals surface area contributed by atoms with Crippen LogP contribution in [0.15, 0.2) is 71.9 Å². The number of hydrogen-bond donors (Lipinski definition) is 0. The summed E-state index contributed by atoms with van der Waals surface area (Å²) in [4.78, 5) is 32.8. The van der Waals surface area contributed by atoms with Crippen molar-refractivity contribution in [3.8, 4) is 0 Å². The van der Waals surface area contributed by atoms with Crippen LogP contribution >= 0.6 is 0 Å². The maximum absolute atomic E-state index is 13.2. The lowest BCUT2D eigenvalue weighted by molar-refractivity contribution is -0.136. The van der Waals surface area contributed by atoms with Crippen molar-refractivity contribution < 1.29 is 14.4 Å². The standard InChI is InChI=1S/C23H18N2O3/c1-15-6-8-17(9-7-15)20-13-23(28-24-20)14-21(26)25(22(23)27)19-11-10-16-4-2-3-5-18(16)12-19/h2-12H,13-14H2,1H3/t23-/m1/s1. The lowest BCUT2D eigenvalue weighted by Crippen LogP contribution is -2.40. The Kier molecular flexibility index (Phi) is 3.59. The van der Waals surface area contributed by atoms with Crippen molar-refractivity contribution in [1.82, 2.24) is 0 Å². The number of rotatable bonds is 2. The third kappa shape index (κ3) is 2.51. The molecule has 28 heavy (non-hydrogen) atoms. The number of hydrogen-bond acceptors (Lipinski definition) is 4. The number of aryl methyl sites for hydroxylation is 1. The van der Waals surface area contributed by atoms with E-state index < -0.39 is 5.60 Å². The number of carbonyl (C=O) groups is 2. The van der Waals surface area contributed by atoms with Gasteiger partial charge in [-0.1, -0.05) is 65.3 Å². The molecule has 0 radical (unpaired) electrons. The Morgan fingerprint density at radius 2 is 1.68 bits per heavy atom. The molecule has 5 heteroatoms. The van der Waals surface area contributed by atoms with E-state index in [9.17, 15) is 9.59 Å². The van der Waals surface area contributed by atoms with Crippen molar-refractivity contribution in [2.45, 2.75) is 25.4 Å². The van der Waals surface area contributed by atoms with Gasteiger partial charge in [-0.25, -0.2) is 4.90 Å². The number of benzene rings is 3. The molecule has 2 amide bonds. The molecule has 0 saturated carbocycles. The van der Waals surface area contributed by atoms with E-state index in [1.807, 2.05) is 67.6 Å². The number of carbonyl (C=O) groups excluding carboxylic acids is 2. The van der Waals surface area contributed by atoms with Gasteiger partial charge in [0.1, 0.15) is 0 Å². The molecule has 2 heterocycles. The van der Waals surface area contributed by atoms with Gasteiger partial charge < -0.3 is 4.84 Å². The predicted octanol–water partition coefficient (Wildman–Crippen LogP) is 3.97. The van der Waals surface area contributed by atoms with Crippen molar-refractivity contribution in [2.75, 3.05) is 4.90 Å². The molecule has 1 atom stereocenters. The van der Waals surface area contributed by atoms with Crippen LogP contribution in [0.3, 0.4) is 0 Å². The molecule has 0 N–H and O–H groups in total. The van der Waals surface area contributed by atoms with E-state index in [0.717, 1.165) is 21.9 Å². The van der Waals surface area contributed by atoms with E-state index >= 15 is 0 Å². The molecule has 1 spiro atoms. The molecule has 2 aliphatic rings. The molecule has 5 rings (SSSR count). The Bertz CT molecular complexity index is 1150. The molecule has 0 aromatic heterocycles. The average Bonchev–Trinajstić information content (AvgIpc) is 3.23. The van der Waals surface area contributed by atoms with E-state index in [1.54, 1.807) is 6.07 Å². The minimum Gasteiger partial charge on any atom is -0.378 e. The highest BCUT2D eigenvalue weighted by molar-refractivity contribution is 6.26. The predicted molar refractivity (Wildman–Crippen MR) is 107 cm³/mol. The van der Waals surface area contributed by atoms with E-state index in [2.05, 4.69) is 5.16 Å². The van der Waals surface area contributed by atoms with Gasteiger partial charge in [-0.05, 0) is 35.4 Å². The number of imide groups is 1. The van der Waals surface area contributed by atoms with Crippen molar-refractivity contribution in [3.05, 3.63) is 77.9 Å². The molecule has 1 saturated heterocycles. The summed E-state index contributed by atoms with van der Waals surface area (Å²) in [6.45, 7) is 2.01. The van der Waals surface area contributed by atoms with Gasteiger partial charge in [0.25, 0.3) is 5.91 Å². The van der Waals surface area contributed by atoms with Crippen LogP contribution in [-0.2, 0) is 14.4 Å². The van der Waals surface area contributed by atoms with Gasteiger partial charge in [-0.2, -0.15) is 0 Å². The van der Waals surface area contributed by atoms with Crippen LogP contribution in [0.25, 0.3) is 10.8 Å². The van der Waals surface area contributed by atoms with Crippen LogP contribution in [0.4, 0.5) is 5.69 Å². The topological polar surface area (TPSA) is 59.0 Å². The summed E-state index contributed by atoms with van der Waals surface area (Å²) >= 11 is 0. The molecule has 3 aromatic carbocycles. The van der Waals surface area contributed by atoms with E-state index in [0.29, 0.717) is 17.8 Å². The molecule has 0 unspecified atom stereocenters. The first kappa shape index (κ1) is 16.7. The zero-order valence-electron chi connectivity index (χ0n) is 15.4. The minimum absolute atomic E-state index is 0.00246. The van der Waals surface area contributed by atoms with Gasteiger partial charge in [-0.15, -0.1) is 0 Å². The number of fused-ring (bicyclic) bond motifs is 1. The van der Waals surface area contributed by atoms with Gasteiger partial charge in [-0.3, -0.25) is 9.59 Å². The molecule has 2 aliphatic heterocycles. The lowest BCUT2D eigenvalue weighted by Gasteiger charge is -2.19. The molecule has 5 nitrogen and oxygen atoms in total. The highest BCUT2D eigenvalue weighted by atomic mass is 16.7. The van der Waals surface area contributed by atoms with Gasteiger partial charge in [0, 0.05) is 6.42 Å². The first-order chi connectivity index (χ1) is 13.6. The summed E-state index contributed by atoms with van der Waals surface area (Å²) in [7, 11) is 0. The number of oxime groups is 1. The fourth-order valence-corrected chi connectivity index (χ4v) is 3.88. The molecule has 138 valence electrons. The van der Waals surface area contributed by atoms with Crippen molar-refractivity contribution >= 4 is 34.0 Å². The summed E-state index contributed by atoms with van der Waals surface area (Å²) in [5, 5.41) is 6.19. The first-order valence-electron chi connectivity index (χ1n) is 9.24. The normalized spacial score (nSPS) is 21.5.